The highest BCUT2D eigenvalue weighted by atomic mass is 15.2. The van der Waals surface area contributed by atoms with Crippen LogP contribution < -0.4 is 5.32 Å². The normalized spacial score (nSPS) is 14.1. The van der Waals surface area contributed by atoms with Gasteiger partial charge in [0.05, 0.1) is 24.3 Å². The molecule has 0 aromatic heterocycles. The predicted molar refractivity (Wildman–Crippen MR) is 133 cm³/mol. The first-order valence-corrected chi connectivity index (χ1v) is 12.8. The maximum Gasteiger partial charge on any atom is 0.0635 e. The Bertz CT molecular complexity index is 582. The number of rotatable bonds is 20. The number of piperazine rings is 1. The van der Waals surface area contributed by atoms with Gasteiger partial charge >= 0.3 is 0 Å². The number of nitriles is 4. The zero-order chi connectivity index (χ0) is 24.7. The van der Waals surface area contributed by atoms with Crippen LogP contribution in [-0.4, -0.2) is 111 Å². The molecule has 0 saturated carbocycles. The molecule has 0 unspecified atom stereocenters. The standard InChI is InChI=1S/C25H43N9/c26-8-1-14-31(15-2-9-27)18-5-20-33(22-7-23-34-24-12-30-13-25-34)21-6-19-32(16-3-10-28)17-4-11-29/h30H,1-7,12-25H2. The fourth-order valence-corrected chi connectivity index (χ4v) is 4.33. The van der Waals surface area contributed by atoms with Gasteiger partial charge < -0.3 is 24.9 Å². The van der Waals surface area contributed by atoms with Crippen molar-refractivity contribution in [1.29, 1.82) is 21.0 Å². The average molecular weight is 470 g/mol. The Morgan fingerprint density at radius 1 is 0.529 bits per heavy atom. The quantitative estimate of drug-likeness (QED) is 0.283. The Labute approximate surface area is 207 Å². The number of hydrogen-bond acceptors (Lipinski definition) is 9. The summed E-state index contributed by atoms with van der Waals surface area (Å²) in [5.41, 5.74) is 0. The van der Waals surface area contributed by atoms with E-state index in [1.165, 1.54) is 0 Å². The Balaban J connectivity index is 2.51. The summed E-state index contributed by atoms with van der Waals surface area (Å²) in [5.74, 6) is 0. The molecule has 0 aliphatic carbocycles. The van der Waals surface area contributed by atoms with Gasteiger partial charge in [-0.1, -0.05) is 0 Å². The second kappa shape index (κ2) is 21.3. The van der Waals surface area contributed by atoms with Crippen molar-refractivity contribution in [2.24, 2.45) is 0 Å². The van der Waals surface area contributed by atoms with Gasteiger partial charge in [0.15, 0.2) is 0 Å². The first-order chi connectivity index (χ1) is 16.7. The van der Waals surface area contributed by atoms with E-state index in [2.05, 4.69) is 49.2 Å². The minimum atomic E-state index is 0.501. The molecule has 1 aliphatic heterocycles. The summed E-state index contributed by atoms with van der Waals surface area (Å²) in [6.45, 7) is 13.4. The van der Waals surface area contributed by atoms with E-state index in [1.807, 2.05) is 0 Å². The van der Waals surface area contributed by atoms with E-state index >= 15 is 0 Å². The summed E-state index contributed by atoms with van der Waals surface area (Å²) in [6.07, 6.45) is 5.21. The Hall–Kier alpha value is -2.24. The van der Waals surface area contributed by atoms with Crippen molar-refractivity contribution in [3.05, 3.63) is 0 Å². The molecule has 0 aromatic carbocycles. The fraction of sp³-hybridized carbons (Fsp3) is 0.840. The molecule has 1 fully saturated rings. The summed E-state index contributed by atoms with van der Waals surface area (Å²) in [5, 5.41) is 39.1. The van der Waals surface area contributed by atoms with Crippen LogP contribution in [0.15, 0.2) is 0 Å². The highest BCUT2D eigenvalue weighted by Gasteiger charge is 2.12. The van der Waals surface area contributed by atoms with Crippen LogP contribution >= 0.6 is 0 Å². The lowest BCUT2D eigenvalue weighted by Crippen LogP contribution is -2.44. The molecule has 9 nitrogen and oxygen atoms in total. The van der Waals surface area contributed by atoms with E-state index in [9.17, 15) is 0 Å². The Morgan fingerprint density at radius 2 is 0.882 bits per heavy atom. The van der Waals surface area contributed by atoms with Gasteiger partial charge in [0.1, 0.15) is 0 Å². The molecule has 0 radical (unpaired) electrons. The fourth-order valence-electron chi connectivity index (χ4n) is 4.33. The molecule has 1 saturated heterocycles. The summed E-state index contributed by atoms with van der Waals surface area (Å²) < 4.78 is 0. The minimum Gasteiger partial charge on any atom is -0.314 e. The smallest absolute Gasteiger partial charge is 0.0635 e. The lowest BCUT2D eigenvalue weighted by molar-refractivity contribution is 0.190. The maximum absolute atomic E-state index is 8.91. The molecule has 1 rings (SSSR count). The van der Waals surface area contributed by atoms with Gasteiger partial charge in [0.2, 0.25) is 0 Å². The van der Waals surface area contributed by atoms with Gasteiger partial charge in [0.25, 0.3) is 0 Å². The molecule has 0 bridgehead atoms. The lowest BCUT2D eigenvalue weighted by Gasteiger charge is -2.29. The van der Waals surface area contributed by atoms with Crippen molar-refractivity contribution < 1.29 is 0 Å². The van der Waals surface area contributed by atoms with Gasteiger partial charge in [-0.3, -0.25) is 0 Å². The molecule has 0 amide bonds. The summed E-state index contributed by atoms with van der Waals surface area (Å²) >= 11 is 0. The first kappa shape index (κ1) is 29.8. The molecule has 34 heavy (non-hydrogen) atoms. The molecule has 0 aromatic rings. The second-order valence-corrected chi connectivity index (χ2v) is 8.81. The molecular formula is C25H43N9. The number of nitrogens with zero attached hydrogens (tertiary/aromatic N) is 8. The van der Waals surface area contributed by atoms with Crippen LogP contribution in [0.1, 0.15) is 44.9 Å². The van der Waals surface area contributed by atoms with Crippen LogP contribution in [-0.2, 0) is 0 Å². The SMILES string of the molecule is N#CCCN(CCC#N)CCCN(CCCN(CCC#N)CCC#N)CCCN1CCNCC1. The molecule has 9 heteroatoms. The summed E-state index contributed by atoms with van der Waals surface area (Å²) in [7, 11) is 0. The topological polar surface area (TPSA) is 120 Å². The van der Waals surface area contributed by atoms with Crippen LogP contribution in [0.5, 0.6) is 0 Å². The van der Waals surface area contributed by atoms with Crippen LogP contribution in [0.3, 0.4) is 0 Å². The second-order valence-electron chi connectivity index (χ2n) is 8.81. The first-order valence-electron chi connectivity index (χ1n) is 12.8. The largest absolute Gasteiger partial charge is 0.314 e. The zero-order valence-electron chi connectivity index (χ0n) is 20.9. The van der Waals surface area contributed by atoms with Gasteiger partial charge in [0, 0.05) is 78.0 Å². The Kier molecular flexibility index (Phi) is 18.7. The third kappa shape index (κ3) is 15.6. The van der Waals surface area contributed by atoms with Crippen LogP contribution in [0.2, 0.25) is 0 Å². The van der Waals surface area contributed by atoms with E-state index < -0.39 is 0 Å². The molecule has 1 N–H and O–H groups in total. The predicted octanol–water partition coefficient (Wildman–Crippen LogP) is 1.62. The number of nitrogens with one attached hydrogen (secondary N) is 1. The van der Waals surface area contributed by atoms with E-state index in [0.717, 1.165) is 111 Å². The van der Waals surface area contributed by atoms with Crippen molar-refractivity contribution in [3.63, 3.8) is 0 Å². The summed E-state index contributed by atoms with van der Waals surface area (Å²) in [6, 6.07) is 8.85. The van der Waals surface area contributed by atoms with E-state index in [1.54, 1.807) is 0 Å². The van der Waals surface area contributed by atoms with Gasteiger partial charge in [-0.15, -0.1) is 0 Å². The van der Waals surface area contributed by atoms with Crippen molar-refractivity contribution in [3.8, 4) is 24.3 Å². The lowest BCUT2D eigenvalue weighted by atomic mass is 10.2. The molecule has 1 heterocycles. The van der Waals surface area contributed by atoms with Crippen molar-refractivity contribution >= 4 is 0 Å². The minimum absolute atomic E-state index is 0.501. The van der Waals surface area contributed by atoms with Crippen LogP contribution in [0.25, 0.3) is 0 Å². The van der Waals surface area contributed by atoms with Crippen molar-refractivity contribution in [1.82, 2.24) is 24.9 Å². The zero-order valence-corrected chi connectivity index (χ0v) is 20.9. The third-order valence-corrected chi connectivity index (χ3v) is 6.22. The third-order valence-electron chi connectivity index (χ3n) is 6.22. The van der Waals surface area contributed by atoms with Crippen LogP contribution in [0.4, 0.5) is 0 Å². The van der Waals surface area contributed by atoms with Gasteiger partial charge in [-0.05, 0) is 58.5 Å². The van der Waals surface area contributed by atoms with Crippen molar-refractivity contribution in [2.45, 2.75) is 44.9 Å². The number of hydrogen-bond donors (Lipinski definition) is 1. The molecular weight excluding hydrogens is 426 g/mol. The molecule has 0 atom stereocenters. The highest BCUT2D eigenvalue weighted by Crippen LogP contribution is 2.04. The van der Waals surface area contributed by atoms with Gasteiger partial charge in [-0.25, -0.2) is 0 Å². The average Bonchev–Trinajstić information content (AvgIpc) is 2.86. The Morgan fingerprint density at radius 3 is 1.26 bits per heavy atom. The maximum atomic E-state index is 8.91. The van der Waals surface area contributed by atoms with Gasteiger partial charge in [-0.2, -0.15) is 21.0 Å². The summed E-state index contributed by atoms with van der Waals surface area (Å²) in [4.78, 5) is 9.54. The molecule has 1 aliphatic rings. The highest BCUT2D eigenvalue weighted by molar-refractivity contribution is 4.78. The van der Waals surface area contributed by atoms with E-state index in [0.29, 0.717) is 25.7 Å². The monoisotopic (exact) mass is 469 g/mol. The molecule has 0 spiro atoms. The van der Waals surface area contributed by atoms with E-state index in [4.69, 9.17) is 21.0 Å². The van der Waals surface area contributed by atoms with Crippen LogP contribution in [0, 0.1) is 45.3 Å². The van der Waals surface area contributed by atoms with E-state index in [-0.39, 0.29) is 0 Å². The molecule has 188 valence electrons. The van der Waals surface area contributed by atoms with Crippen molar-refractivity contribution in [2.75, 3.05) is 91.6 Å².